The Labute approximate surface area is 89.0 Å². The van der Waals surface area contributed by atoms with Crippen LogP contribution in [0.25, 0.3) is 0 Å². The van der Waals surface area contributed by atoms with E-state index in [1.54, 1.807) is 23.3 Å². The van der Waals surface area contributed by atoms with Crippen LogP contribution in [0.5, 0.6) is 0 Å². The molecule has 0 saturated heterocycles. The summed E-state index contributed by atoms with van der Waals surface area (Å²) < 4.78 is 26.8. The summed E-state index contributed by atoms with van der Waals surface area (Å²) in [6, 6.07) is 0. The number of nitrogens with one attached hydrogen (secondary N) is 1. The summed E-state index contributed by atoms with van der Waals surface area (Å²) in [5.41, 5.74) is 0. The lowest BCUT2D eigenvalue weighted by Crippen LogP contribution is -2.29. The summed E-state index contributed by atoms with van der Waals surface area (Å²) in [6.45, 7) is 0.783. The normalized spacial score (nSPS) is 11.8. The van der Waals surface area contributed by atoms with Crippen molar-refractivity contribution in [2.45, 2.75) is 13.0 Å². The number of imidazole rings is 1. The van der Waals surface area contributed by atoms with Gasteiger partial charge in [0.15, 0.2) is 0 Å². The van der Waals surface area contributed by atoms with Crippen LogP contribution in [0.4, 0.5) is 0 Å². The molecule has 0 unspecified atom stereocenters. The summed E-state index contributed by atoms with van der Waals surface area (Å²) in [7, 11) is -3.24. The van der Waals surface area contributed by atoms with E-state index in [2.05, 4.69) is 9.71 Å². The van der Waals surface area contributed by atoms with Crippen molar-refractivity contribution in [1.82, 2.24) is 14.3 Å². The summed E-state index contributed by atoms with van der Waals surface area (Å²) in [5.74, 6) is -0.0343. The fourth-order valence-corrected chi connectivity index (χ4v) is 2.13. The fraction of sp³-hybridized carbons (Fsp3) is 0.625. The van der Waals surface area contributed by atoms with Crippen LogP contribution < -0.4 is 4.72 Å². The van der Waals surface area contributed by atoms with Gasteiger partial charge in [0.1, 0.15) is 0 Å². The molecule has 0 aliphatic carbocycles. The van der Waals surface area contributed by atoms with Crippen molar-refractivity contribution in [3.8, 4) is 0 Å². The maximum Gasteiger partial charge on any atom is 0.211 e. The molecule has 1 heterocycles. The van der Waals surface area contributed by atoms with Gasteiger partial charge in [-0.05, 0) is 6.42 Å². The number of hydrogen-bond acceptors (Lipinski definition) is 4. The van der Waals surface area contributed by atoms with Crippen molar-refractivity contribution in [2.75, 3.05) is 18.9 Å². The third-order valence-corrected chi connectivity index (χ3v) is 3.29. The van der Waals surface area contributed by atoms with Gasteiger partial charge in [-0.3, -0.25) is 0 Å². The molecule has 0 bridgehead atoms. The Morgan fingerprint density at radius 1 is 1.47 bits per heavy atom. The van der Waals surface area contributed by atoms with Gasteiger partial charge in [-0.25, -0.2) is 18.1 Å². The Hall–Kier alpha value is -0.920. The summed E-state index contributed by atoms with van der Waals surface area (Å²) in [5, 5.41) is 8.50. The molecule has 6 nitrogen and oxygen atoms in total. The van der Waals surface area contributed by atoms with Crippen molar-refractivity contribution >= 4 is 10.0 Å². The van der Waals surface area contributed by atoms with Crippen LogP contribution in [0.15, 0.2) is 18.7 Å². The highest BCUT2D eigenvalue weighted by Crippen LogP contribution is 1.90. The van der Waals surface area contributed by atoms with E-state index in [0.29, 0.717) is 13.1 Å². The second-order valence-electron chi connectivity index (χ2n) is 3.09. The summed E-state index contributed by atoms with van der Waals surface area (Å²) in [4.78, 5) is 3.84. The molecule has 15 heavy (non-hydrogen) atoms. The van der Waals surface area contributed by atoms with E-state index < -0.39 is 10.0 Å². The average molecular weight is 233 g/mol. The molecule has 2 N–H and O–H groups in total. The first-order valence-corrected chi connectivity index (χ1v) is 6.33. The zero-order chi connectivity index (χ0) is 11.1. The first-order chi connectivity index (χ1) is 7.14. The van der Waals surface area contributed by atoms with E-state index in [-0.39, 0.29) is 18.8 Å². The Bertz CT molecular complexity index is 360. The lowest BCUT2D eigenvalue weighted by molar-refractivity contribution is 0.295. The van der Waals surface area contributed by atoms with E-state index in [9.17, 15) is 8.42 Å². The molecule has 0 aliphatic rings. The first-order valence-electron chi connectivity index (χ1n) is 4.68. The maximum atomic E-state index is 11.3. The van der Waals surface area contributed by atoms with Crippen molar-refractivity contribution in [2.24, 2.45) is 0 Å². The van der Waals surface area contributed by atoms with Crippen LogP contribution in [-0.4, -0.2) is 42.0 Å². The molecule has 0 radical (unpaired) electrons. The second kappa shape index (κ2) is 5.84. The van der Waals surface area contributed by atoms with Crippen molar-refractivity contribution < 1.29 is 13.5 Å². The molecule has 1 aromatic heterocycles. The lowest BCUT2D eigenvalue weighted by Gasteiger charge is -2.05. The number of aliphatic hydroxyl groups is 1. The average Bonchev–Trinajstić information content (AvgIpc) is 2.67. The minimum absolute atomic E-state index is 0.0343. The highest BCUT2D eigenvalue weighted by Gasteiger charge is 2.07. The molecule has 0 saturated carbocycles. The van der Waals surface area contributed by atoms with Gasteiger partial charge in [-0.15, -0.1) is 0 Å². The van der Waals surface area contributed by atoms with Gasteiger partial charge in [-0.2, -0.15) is 0 Å². The zero-order valence-corrected chi connectivity index (χ0v) is 9.15. The molecule has 0 aliphatic heterocycles. The molecule has 7 heteroatoms. The van der Waals surface area contributed by atoms with Gasteiger partial charge in [0.05, 0.1) is 12.1 Å². The largest absolute Gasteiger partial charge is 0.396 e. The van der Waals surface area contributed by atoms with Gasteiger partial charge in [0.25, 0.3) is 0 Å². The van der Waals surface area contributed by atoms with Crippen LogP contribution in [0.1, 0.15) is 6.42 Å². The zero-order valence-electron chi connectivity index (χ0n) is 8.33. The Balaban J connectivity index is 2.24. The standard InChI is InChI=1S/C8H15N3O3S/c12-6-1-7-15(13,14)10-3-5-11-4-2-9-8-11/h2,4,8,10,12H,1,3,5-7H2. The molecule has 86 valence electrons. The van der Waals surface area contributed by atoms with Crippen LogP contribution in [0.2, 0.25) is 0 Å². The van der Waals surface area contributed by atoms with E-state index in [4.69, 9.17) is 5.11 Å². The molecule has 1 aromatic rings. The molecule has 1 rings (SSSR count). The third kappa shape index (κ3) is 4.91. The van der Waals surface area contributed by atoms with Gasteiger partial charge >= 0.3 is 0 Å². The number of rotatable bonds is 7. The number of sulfonamides is 1. The smallest absolute Gasteiger partial charge is 0.211 e. The summed E-state index contributed by atoms with van der Waals surface area (Å²) in [6.07, 6.45) is 5.30. The predicted molar refractivity (Wildman–Crippen MR) is 55.7 cm³/mol. The first kappa shape index (κ1) is 12.2. The highest BCUT2D eigenvalue weighted by atomic mass is 32.2. The monoisotopic (exact) mass is 233 g/mol. The van der Waals surface area contributed by atoms with E-state index in [1.807, 2.05) is 0 Å². The van der Waals surface area contributed by atoms with Crippen LogP contribution >= 0.6 is 0 Å². The van der Waals surface area contributed by atoms with E-state index in [1.165, 1.54) is 0 Å². The van der Waals surface area contributed by atoms with Gasteiger partial charge in [0.2, 0.25) is 10.0 Å². The minimum atomic E-state index is -3.24. The number of nitrogens with zero attached hydrogens (tertiary/aromatic N) is 2. The van der Waals surface area contributed by atoms with Gasteiger partial charge < -0.3 is 9.67 Å². The topological polar surface area (TPSA) is 84.2 Å². The van der Waals surface area contributed by atoms with E-state index >= 15 is 0 Å². The molecule has 0 atom stereocenters. The van der Waals surface area contributed by atoms with Gasteiger partial charge in [-0.1, -0.05) is 0 Å². The molecule has 0 fully saturated rings. The predicted octanol–water partition coefficient (Wildman–Crippen LogP) is -0.815. The van der Waals surface area contributed by atoms with Crippen molar-refractivity contribution in [3.05, 3.63) is 18.7 Å². The lowest BCUT2D eigenvalue weighted by atomic mass is 10.5. The number of hydrogen-bond donors (Lipinski definition) is 2. The van der Waals surface area contributed by atoms with Crippen LogP contribution in [-0.2, 0) is 16.6 Å². The second-order valence-corrected chi connectivity index (χ2v) is 5.02. The molecule has 0 amide bonds. The van der Waals surface area contributed by atoms with Crippen molar-refractivity contribution in [1.29, 1.82) is 0 Å². The van der Waals surface area contributed by atoms with Crippen molar-refractivity contribution in [3.63, 3.8) is 0 Å². The SMILES string of the molecule is O=S(=O)(CCCO)NCCn1ccnc1. The molecule has 0 spiro atoms. The minimum Gasteiger partial charge on any atom is -0.396 e. The number of aromatic nitrogens is 2. The third-order valence-electron chi connectivity index (χ3n) is 1.82. The highest BCUT2D eigenvalue weighted by molar-refractivity contribution is 7.89. The quantitative estimate of drug-likeness (QED) is 0.645. The van der Waals surface area contributed by atoms with E-state index in [0.717, 1.165) is 0 Å². The Morgan fingerprint density at radius 3 is 2.87 bits per heavy atom. The maximum absolute atomic E-state index is 11.3. The number of aliphatic hydroxyl groups excluding tert-OH is 1. The Kier molecular flexibility index (Phi) is 4.73. The van der Waals surface area contributed by atoms with Crippen LogP contribution in [0.3, 0.4) is 0 Å². The summed E-state index contributed by atoms with van der Waals surface area (Å²) >= 11 is 0. The molecular formula is C8H15N3O3S. The molecule has 0 aromatic carbocycles. The van der Waals surface area contributed by atoms with Crippen LogP contribution in [0, 0.1) is 0 Å². The Morgan fingerprint density at radius 2 is 2.27 bits per heavy atom. The van der Waals surface area contributed by atoms with Gasteiger partial charge in [0, 0.05) is 32.1 Å². The molecular weight excluding hydrogens is 218 g/mol. The fourth-order valence-electron chi connectivity index (χ4n) is 1.08.